The Morgan fingerprint density at radius 2 is 1.93 bits per heavy atom. The van der Waals surface area contributed by atoms with Crippen molar-refractivity contribution < 1.29 is 18.3 Å². The van der Waals surface area contributed by atoms with Crippen LogP contribution < -0.4 is 5.32 Å². The number of amides is 1. The van der Waals surface area contributed by atoms with Gasteiger partial charge in [-0.25, -0.2) is 13.6 Å². The van der Waals surface area contributed by atoms with E-state index in [4.69, 9.17) is 4.74 Å². The Balaban J connectivity index is 2.02. The lowest BCUT2D eigenvalue weighted by atomic mass is 9.85. The van der Waals surface area contributed by atoms with Gasteiger partial charge in [-0.15, -0.1) is 0 Å². The van der Waals surface area contributed by atoms with Crippen molar-refractivity contribution in [2.45, 2.75) is 57.6 Å². The summed E-state index contributed by atoms with van der Waals surface area (Å²) in [5, 5.41) is 2.88. The molecule has 1 aromatic carbocycles. The van der Waals surface area contributed by atoms with E-state index in [0.717, 1.165) is 30.2 Å². The maximum atomic E-state index is 14.5. The number of rotatable bonds is 2. The summed E-state index contributed by atoms with van der Waals surface area (Å²) in [5.74, 6) is -2.18. The van der Waals surface area contributed by atoms with E-state index in [1.807, 2.05) is 6.07 Å². The lowest BCUT2D eigenvalue weighted by Gasteiger charge is -2.29. The Labute approximate surface area is 158 Å². The average Bonchev–Trinajstić information content (AvgIpc) is 2.76. The van der Waals surface area contributed by atoms with Crippen LogP contribution >= 0.6 is 0 Å². The third-order valence-electron chi connectivity index (χ3n) is 4.64. The van der Waals surface area contributed by atoms with E-state index in [2.05, 4.69) is 10.3 Å². The zero-order valence-corrected chi connectivity index (χ0v) is 15.8. The summed E-state index contributed by atoms with van der Waals surface area (Å²) in [6, 6.07) is 7.28. The molecule has 2 atom stereocenters. The number of carbonyl (C=O) groups excluding carboxylic acids is 1. The van der Waals surface area contributed by atoms with Gasteiger partial charge in [-0.05, 0) is 63.3 Å². The van der Waals surface area contributed by atoms with Crippen LogP contribution in [0.15, 0.2) is 36.5 Å². The molecule has 1 N–H and O–H groups in total. The van der Waals surface area contributed by atoms with Crippen molar-refractivity contribution in [2.24, 2.45) is 0 Å². The molecular formula is C21H24F2N2O2. The molecule has 0 bridgehead atoms. The topological polar surface area (TPSA) is 51.2 Å². The molecule has 0 radical (unpaired) electrons. The van der Waals surface area contributed by atoms with Gasteiger partial charge in [0.1, 0.15) is 5.60 Å². The fourth-order valence-corrected chi connectivity index (χ4v) is 3.57. The van der Waals surface area contributed by atoms with Crippen LogP contribution in [-0.2, 0) is 11.2 Å². The summed E-state index contributed by atoms with van der Waals surface area (Å²) in [6.07, 6.45) is 3.18. The standard InChI is InChI=1S/C21H24F2N2O2/c1-21(2,3)27-20(26)25-19-14(13-7-4-10-16(22)18(13)23)8-5-11-17-15(19)9-6-12-24-17/h4,6-7,9-10,12,14,19H,5,8,11H2,1-3H3,(H,25,26)/t14-,19-/m0/s1. The van der Waals surface area contributed by atoms with Crippen molar-refractivity contribution in [3.05, 3.63) is 65.0 Å². The van der Waals surface area contributed by atoms with Crippen LogP contribution in [0.2, 0.25) is 0 Å². The molecule has 0 saturated heterocycles. The van der Waals surface area contributed by atoms with Gasteiger partial charge in [-0.2, -0.15) is 0 Å². The summed E-state index contributed by atoms with van der Waals surface area (Å²) in [5.41, 5.74) is 1.27. The Kier molecular flexibility index (Phi) is 5.44. The molecule has 6 heteroatoms. The van der Waals surface area contributed by atoms with Crippen LogP contribution in [0.4, 0.5) is 13.6 Å². The summed E-state index contributed by atoms with van der Waals surface area (Å²) in [7, 11) is 0. The molecule has 1 heterocycles. The van der Waals surface area contributed by atoms with E-state index in [9.17, 15) is 13.6 Å². The second kappa shape index (κ2) is 7.62. The van der Waals surface area contributed by atoms with Gasteiger partial charge < -0.3 is 10.1 Å². The third kappa shape index (κ3) is 4.43. The number of hydrogen-bond donors (Lipinski definition) is 1. The van der Waals surface area contributed by atoms with Gasteiger partial charge in [0.2, 0.25) is 0 Å². The molecule has 0 fully saturated rings. The van der Waals surface area contributed by atoms with Crippen LogP contribution in [0.1, 0.15) is 62.4 Å². The minimum atomic E-state index is -0.890. The fraction of sp³-hybridized carbons (Fsp3) is 0.429. The molecule has 0 aliphatic heterocycles. The molecule has 3 rings (SSSR count). The normalized spacial score (nSPS) is 19.7. The van der Waals surface area contributed by atoms with Gasteiger partial charge in [0.05, 0.1) is 6.04 Å². The van der Waals surface area contributed by atoms with Gasteiger partial charge in [0.25, 0.3) is 0 Å². The summed E-state index contributed by atoms with van der Waals surface area (Å²) < 4.78 is 33.8. The van der Waals surface area contributed by atoms with Gasteiger partial charge in [-0.3, -0.25) is 4.98 Å². The number of fused-ring (bicyclic) bond motifs is 1. The Bertz CT molecular complexity index is 833. The molecule has 0 unspecified atom stereocenters. The monoisotopic (exact) mass is 374 g/mol. The number of nitrogens with zero attached hydrogens (tertiary/aromatic N) is 1. The molecule has 4 nitrogen and oxygen atoms in total. The predicted molar refractivity (Wildman–Crippen MR) is 98.4 cm³/mol. The van der Waals surface area contributed by atoms with E-state index in [-0.39, 0.29) is 5.56 Å². The number of hydrogen-bond acceptors (Lipinski definition) is 3. The second-order valence-corrected chi connectivity index (χ2v) is 7.80. The number of benzene rings is 1. The number of alkyl carbamates (subject to hydrolysis) is 1. The highest BCUT2D eigenvalue weighted by molar-refractivity contribution is 5.68. The SMILES string of the molecule is CC(C)(C)OC(=O)N[C@@H]1c2cccnc2CCC[C@H]1c1cccc(F)c1F. The maximum Gasteiger partial charge on any atom is 0.408 e. The lowest BCUT2D eigenvalue weighted by molar-refractivity contribution is 0.0494. The molecule has 1 aliphatic rings. The highest BCUT2D eigenvalue weighted by Gasteiger charge is 2.34. The number of aromatic nitrogens is 1. The van der Waals surface area contributed by atoms with E-state index < -0.39 is 35.3 Å². The van der Waals surface area contributed by atoms with Gasteiger partial charge >= 0.3 is 6.09 Å². The summed E-state index contributed by atoms with van der Waals surface area (Å²) in [6.45, 7) is 5.33. The molecule has 1 aromatic heterocycles. The Morgan fingerprint density at radius 1 is 1.19 bits per heavy atom. The Hall–Kier alpha value is -2.50. The number of aryl methyl sites for hydroxylation is 1. The first-order valence-corrected chi connectivity index (χ1v) is 9.13. The highest BCUT2D eigenvalue weighted by Crippen LogP contribution is 2.40. The molecule has 1 amide bonds. The zero-order chi connectivity index (χ0) is 19.6. The zero-order valence-electron chi connectivity index (χ0n) is 15.8. The van der Waals surface area contributed by atoms with Crippen LogP contribution in [0.25, 0.3) is 0 Å². The number of carbonyl (C=O) groups is 1. The van der Waals surface area contributed by atoms with Crippen molar-refractivity contribution in [2.75, 3.05) is 0 Å². The van der Waals surface area contributed by atoms with Gasteiger partial charge in [-0.1, -0.05) is 18.2 Å². The minimum absolute atomic E-state index is 0.257. The highest BCUT2D eigenvalue weighted by atomic mass is 19.2. The number of halogens is 2. The maximum absolute atomic E-state index is 14.5. The first-order valence-electron chi connectivity index (χ1n) is 9.13. The van der Waals surface area contributed by atoms with Gasteiger partial charge in [0, 0.05) is 17.8 Å². The lowest BCUT2D eigenvalue weighted by Crippen LogP contribution is -2.37. The smallest absolute Gasteiger partial charge is 0.408 e. The van der Waals surface area contributed by atoms with Crippen molar-refractivity contribution in [3.63, 3.8) is 0 Å². The molecule has 0 spiro atoms. The molecule has 1 aliphatic carbocycles. The molecule has 0 saturated carbocycles. The quantitative estimate of drug-likeness (QED) is 0.749. The van der Waals surface area contributed by atoms with E-state index in [0.29, 0.717) is 6.42 Å². The first-order chi connectivity index (χ1) is 12.8. The van der Waals surface area contributed by atoms with Crippen LogP contribution in [-0.4, -0.2) is 16.7 Å². The number of nitrogens with one attached hydrogen (secondary N) is 1. The van der Waals surface area contributed by atoms with E-state index in [1.54, 1.807) is 39.1 Å². The second-order valence-electron chi connectivity index (χ2n) is 7.80. The molecule has 144 valence electrons. The fourth-order valence-electron chi connectivity index (χ4n) is 3.57. The molecule has 2 aromatic rings. The van der Waals surface area contributed by atoms with Crippen molar-refractivity contribution in [1.82, 2.24) is 10.3 Å². The predicted octanol–water partition coefficient (Wildman–Crippen LogP) is 5.05. The Morgan fingerprint density at radius 3 is 2.67 bits per heavy atom. The molecular weight excluding hydrogens is 350 g/mol. The van der Waals surface area contributed by atoms with Gasteiger partial charge in [0.15, 0.2) is 11.6 Å². The summed E-state index contributed by atoms with van der Waals surface area (Å²) >= 11 is 0. The number of ether oxygens (including phenoxy) is 1. The third-order valence-corrected chi connectivity index (χ3v) is 4.64. The van der Waals surface area contributed by atoms with E-state index >= 15 is 0 Å². The first kappa shape index (κ1) is 19.3. The molecule has 27 heavy (non-hydrogen) atoms. The summed E-state index contributed by atoms with van der Waals surface area (Å²) in [4.78, 5) is 16.9. The van der Waals surface area contributed by atoms with Crippen LogP contribution in [0.5, 0.6) is 0 Å². The largest absolute Gasteiger partial charge is 0.444 e. The van der Waals surface area contributed by atoms with Crippen LogP contribution in [0, 0.1) is 11.6 Å². The average molecular weight is 374 g/mol. The minimum Gasteiger partial charge on any atom is -0.444 e. The van der Waals surface area contributed by atoms with Crippen molar-refractivity contribution in [1.29, 1.82) is 0 Å². The van der Waals surface area contributed by atoms with Crippen molar-refractivity contribution in [3.8, 4) is 0 Å². The van der Waals surface area contributed by atoms with Crippen LogP contribution in [0.3, 0.4) is 0 Å². The van der Waals surface area contributed by atoms with Crippen molar-refractivity contribution >= 4 is 6.09 Å². The number of pyridine rings is 1. The van der Waals surface area contributed by atoms with E-state index in [1.165, 1.54) is 6.07 Å².